The first-order chi connectivity index (χ1) is 10.9. The SMILES string of the molecule is C[Si]OC(O[Si]C)C(C)(C)C(C)Cn1ncc2ccc(O)cc21. The zero-order chi connectivity index (χ0) is 17.0. The van der Waals surface area contributed by atoms with Gasteiger partial charge in [0.15, 0.2) is 0 Å². The van der Waals surface area contributed by atoms with Gasteiger partial charge in [0.05, 0.1) is 11.7 Å². The van der Waals surface area contributed by atoms with Gasteiger partial charge in [0, 0.05) is 23.4 Å². The molecule has 2 aromatic rings. The van der Waals surface area contributed by atoms with Crippen LogP contribution in [0.5, 0.6) is 5.75 Å². The van der Waals surface area contributed by atoms with Gasteiger partial charge in [-0.25, -0.2) is 0 Å². The molecule has 2 rings (SSSR count). The Morgan fingerprint density at radius 1 is 1.26 bits per heavy atom. The molecule has 1 unspecified atom stereocenters. The Kier molecular flexibility index (Phi) is 6.02. The van der Waals surface area contributed by atoms with E-state index in [4.69, 9.17) is 8.85 Å². The smallest absolute Gasteiger partial charge is 0.229 e. The fraction of sp³-hybridized carbons (Fsp3) is 0.562. The number of nitrogens with zero attached hydrogens (tertiary/aromatic N) is 2. The van der Waals surface area contributed by atoms with E-state index in [1.54, 1.807) is 12.1 Å². The Hall–Kier alpha value is -1.16. The van der Waals surface area contributed by atoms with Gasteiger partial charge in [-0.1, -0.05) is 20.8 Å². The van der Waals surface area contributed by atoms with Crippen molar-refractivity contribution in [3.63, 3.8) is 0 Å². The highest BCUT2D eigenvalue weighted by molar-refractivity contribution is 6.26. The van der Waals surface area contributed by atoms with E-state index in [1.807, 2.05) is 30.0 Å². The van der Waals surface area contributed by atoms with Gasteiger partial charge in [-0.2, -0.15) is 5.10 Å². The molecule has 0 aliphatic heterocycles. The summed E-state index contributed by atoms with van der Waals surface area (Å²) in [4.78, 5) is 0. The molecule has 0 amide bonds. The van der Waals surface area contributed by atoms with Crippen molar-refractivity contribution in [3.05, 3.63) is 24.4 Å². The van der Waals surface area contributed by atoms with Gasteiger partial charge < -0.3 is 14.0 Å². The lowest BCUT2D eigenvalue weighted by Gasteiger charge is -2.39. The Bertz CT molecular complexity index is 639. The van der Waals surface area contributed by atoms with Crippen LogP contribution >= 0.6 is 0 Å². The molecular formula is C16H24N2O3Si2. The maximum atomic E-state index is 9.72. The quantitative estimate of drug-likeness (QED) is 0.588. The number of fused-ring (bicyclic) bond motifs is 1. The minimum Gasteiger partial charge on any atom is -0.508 e. The highest BCUT2D eigenvalue weighted by Crippen LogP contribution is 2.35. The lowest BCUT2D eigenvalue weighted by molar-refractivity contribution is -0.104. The van der Waals surface area contributed by atoms with Gasteiger partial charge in [0.2, 0.25) is 19.5 Å². The van der Waals surface area contributed by atoms with Crippen LogP contribution in [0.15, 0.2) is 24.4 Å². The maximum absolute atomic E-state index is 9.72. The van der Waals surface area contributed by atoms with Gasteiger partial charge in [0.1, 0.15) is 12.0 Å². The van der Waals surface area contributed by atoms with Crippen molar-refractivity contribution in [1.82, 2.24) is 9.78 Å². The molecular weight excluding hydrogens is 324 g/mol. The number of aromatic nitrogens is 2. The van der Waals surface area contributed by atoms with Crippen LogP contribution in [0.3, 0.4) is 0 Å². The molecule has 1 atom stereocenters. The molecule has 0 saturated heterocycles. The average Bonchev–Trinajstić information content (AvgIpc) is 2.89. The fourth-order valence-electron chi connectivity index (χ4n) is 2.47. The number of hydrogen-bond donors (Lipinski definition) is 1. The predicted octanol–water partition coefficient (Wildman–Crippen LogP) is 3.10. The van der Waals surface area contributed by atoms with E-state index >= 15 is 0 Å². The Labute approximate surface area is 142 Å². The zero-order valence-corrected chi connectivity index (χ0v) is 16.3. The molecule has 7 heteroatoms. The average molecular weight is 349 g/mol. The first kappa shape index (κ1) is 18.2. The minimum atomic E-state index is -0.223. The van der Waals surface area contributed by atoms with E-state index in [0.29, 0.717) is 19.5 Å². The van der Waals surface area contributed by atoms with Crippen molar-refractivity contribution < 1.29 is 14.0 Å². The van der Waals surface area contributed by atoms with Crippen molar-refractivity contribution in [1.29, 1.82) is 0 Å². The minimum absolute atomic E-state index is 0.152. The van der Waals surface area contributed by atoms with Gasteiger partial charge in [-0.15, -0.1) is 0 Å². The lowest BCUT2D eigenvalue weighted by atomic mass is 9.79. The van der Waals surface area contributed by atoms with Crippen LogP contribution in [0.4, 0.5) is 0 Å². The van der Waals surface area contributed by atoms with Crippen LogP contribution < -0.4 is 0 Å². The summed E-state index contributed by atoms with van der Waals surface area (Å²) >= 11 is 0. The summed E-state index contributed by atoms with van der Waals surface area (Å²) in [5.41, 5.74) is 0.793. The van der Waals surface area contributed by atoms with Crippen LogP contribution in [0, 0.1) is 11.3 Å². The Morgan fingerprint density at radius 2 is 1.91 bits per heavy atom. The lowest BCUT2D eigenvalue weighted by Crippen LogP contribution is -2.42. The van der Waals surface area contributed by atoms with Crippen LogP contribution in [0.2, 0.25) is 13.1 Å². The molecule has 0 saturated carbocycles. The van der Waals surface area contributed by atoms with Crippen LogP contribution in [-0.2, 0) is 15.4 Å². The molecule has 0 bridgehead atoms. The summed E-state index contributed by atoms with van der Waals surface area (Å²) in [5, 5.41) is 15.2. The van der Waals surface area contributed by atoms with Crippen LogP contribution in [-0.4, -0.2) is 40.7 Å². The normalized spacial score (nSPS) is 13.8. The van der Waals surface area contributed by atoms with E-state index < -0.39 is 0 Å². The van der Waals surface area contributed by atoms with Gasteiger partial charge in [-0.3, -0.25) is 4.68 Å². The number of benzene rings is 1. The van der Waals surface area contributed by atoms with Crippen molar-refractivity contribution in [2.75, 3.05) is 0 Å². The van der Waals surface area contributed by atoms with E-state index in [1.165, 1.54) is 0 Å². The van der Waals surface area contributed by atoms with Crippen LogP contribution in [0.1, 0.15) is 20.8 Å². The summed E-state index contributed by atoms with van der Waals surface area (Å²) in [6, 6.07) is 5.33. The summed E-state index contributed by atoms with van der Waals surface area (Å²) in [6.45, 7) is 11.3. The molecule has 0 aliphatic carbocycles. The highest BCUT2D eigenvalue weighted by atomic mass is 28.2. The second-order valence-corrected chi connectivity index (χ2v) is 7.56. The molecule has 1 heterocycles. The number of phenols is 1. The molecule has 1 aromatic heterocycles. The summed E-state index contributed by atoms with van der Waals surface area (Å²) in [7, 11) is 0.790. The first-order valence-electron chi connectivity index (χ1n) is 7.69. The summed E-state index contributed by atoms with van der Waals surface area (Å²) < 4.78 is 13.6. The third-order valence-electron chi connectivity index (χ3n) is 4.40. The zero-order valence-electron chi connectivity index (χ0n) is 14.3. The summed E-state index contributed by atoms with van der Waals surface area (Å²) in [5.74, 6) is 0.542. The van der Waals surface area contributed by atoms with E-state index in [9.17, 15) is 5.11 Å². The third-order valence-corrected chi connectivity index (χ3v) is 5.30. The summed E-state index contributed by atoms with van der Waals surface area (Å²) in [6.07, 6.45) is 1.61. The number of phenolic OH excluding ortho intramolecular Hbond substituents is 1. The van der Waals surface area contributed by atoms with Crippen LogP contribution in [0.25, 0.3) is 10.9 Å². The topological polar surface area (TPSA) is 56.5 Å². The standard InChI is InChI=1S/C16H24N2O3Si2/c1-11(16(2,3)15(20-22-4)21-23-5)10-18-14-8-13(19)7-6-12(14)9-17-18/h6-9,11,15,19H,10H2,1-5H3. The van der Waals surface area contributed by atoms with Gasteiger partial charge >= 0.3 is 0 Å². The van der Waals surface area contributed by atoms with Gasteiger partial charge in [-0.05, 0) is 31.1 Å². The second-order valence-electron chi connectivity index (χ2n) is 6.27. The number of rotatable bonds is 8. The molecule has 23 heavy (non-hydrogen) atoms. The molecule has 4 radical (unpaired) electrons. The van der Waals surface area contributed by atoms with Crippen molar-refractivity contribution in [2.24, 2.45) is 11.3 Å². The molecule has 0 fully saturated rings. The van der Waals surface area contributed by atoms with Gasteiger partial charge in [0.25, 0.3) is 0 Å². The largest absolute Gasteiger partial charge is 0.508 e. The van der Waals surface area contributed by atoms with E-state index in [2.05, 4.69) is 25.9 Å². The molecule has 1 N–H and O–H groups in total. The molecule has 0 spiro atoms. The first-order valence-corrected chi connectivity index (χ1v) is 10.5. The third kappa shape index (κ3) is 4.03. The second kappa shape index (κ2) is 7.61. The molecule has 1 aromatic carbocycles. The Balaban J connectivity index is 2.21. The molecule has 0 aliphatic rings. The predicted molar refractivity (Wildman–Crippen MR) is 93.5 cm³/mol. The molecule has 124 valence electrons. The molecule has 5 nitrogen and oxygen atoms in total. The van der Waals surface area contributed by atoms with E-state index in [0.717, 1.165) is 17.4 Å². The fourth-order valence-corrected chi connectivity index (χ4v) is 3.70. The van der Waals surface area contributed by atoms with Crippen molar-refractivity contribution in [3.8, 4) is 5.75 Å². The highest BCUT2D eigenvalue weighted by Gasteiger charge is 2.36. The maximum Gasteiger partial charge on any atom is 0.229 e. The Morgan fingerprint density at radius 3 is 2.52 bits per heavy atom. The van der Waals surface area contributed by atoms with E-state index in [-0.39, 0.29) is 23.4 Å². The monoisotopic (exact) mass is 348 g/mol. The number of aromatic hydroxyl groups is 1. The van der Waals surface area contributed by atoms with Crippen molar-refractivity contribution in [2.45, 2.75) is 46.7 Å². The number of hydrogen-bond acceptors (Lipinski definition) is 4. The van der Waals surface area contributed by atoms with Crippen molar-refractivity contribution >= 4 is 30.4 Å².